The second-order valence-electron chi connectivity index (χ2n) is 4.27. The molecular weight excluding hydrogens is 274 g/mol. The number of alkyl halides is 1. The molecule has 5 nitrogen and oxygen atoms in total. The lowest BCUT2D eigenvalue weighted by atomic mass is 9.89. The molecule has 6 heteroatoms. The maximum absolute atomic E-state index is 10.9. The minimum atomic E-state index is -0.417. The molecule has 90 valence electrons. The van der Waals surface area contributed by atoms with E-state index < -0.39 is 4.92 Å². The minimum Gasteiger partial charge on any atom is -0.358 e. The van der Waals surface area contributed by atoms with E-state index in [1.54, 1.807) is 11.6 Å². The number of nitro groups is 1. The smallest absolute Gasteiger partial charge is 0.358 e. The van der Waals surface area contributed by atoms with Crippen LogP contribution in [0.4, 0.5) is 5.82 Å². The Morgan fingerprint density at radius 3 is 2.44 bits per heavy atom. The van der Waals surface area contributed by atoms with Gasteiger partial charge >= 0.3 is 5.82 Å². The van der Waals surface area contributed by atoms with Gasteiger partial charge in [0, 0.05) is 17.8 Å². The molecule has 16 heavy (non-hydrogen) atoms. The van der Waals surface area contributed by atoms with E-state index in [2.05, 4.69) is 34.8 Å². The van der Waals surface area contributed by atoms with Crippen molar-refractivity contribution >= 4 is 21.7 Å². The summed E-state index contributed by atoms with van der Waals surface area (Å²) in [7, 11) is 1.79. The molecule has 0 spiro atoms. The first-order valence-electron chi connectivity index (χ1n) is 5.16. The molecule has 0 aliphatic heterocycles. The Balaban J connectivity index is 3.28. The minimum absolute atomic E-state index is 0.0347. The van der Waals surface area contributed by atoms with Gasteiger partial charge < -0.3 is 14.7 Å². The first-order valence-corrected chi connectivity index (χ1v) is 6.07. The van der Waals surface area contributed by atoms with Crippen molar-refractivity contribution in [3.8, 4) is 0 Å². The van der Waals surface area contributed by atoms with E-state index in [1.165, 1.54) is 6.33 Å². The molecule has 0 amide bonds. The second-order valence-corrected chi connectivity index (χ2v) is 5.71. The Hall–Kier alpha value is -0.910. The molecule has 2 atom stereocenters. The highest BCUT2D eigenvalue weighted by Crippen LogP contribution is 2.36. The Bertz CT molecular complexity index is 379. The van der Waals surface area contributed by atoms with Crippen LogP contribution in [0.1, 0.15) is 32.4 Å². The van der Waals surface area contributed by atoms with Crippen LogP contribution < -0.4 is 0 Å². The van der Waals surface area contributed by atoms with E-state index in [0.717, 1.165) is 0 Å². The van der Waals surface area contributed by atoms with Gasteiger partial charge in [0.25, 0.3) is 0 Å². The predicted octanol–water partition coefficient (Wildman–Crippen LogP) is 2.85. The van der Waals surface area contributed by atoms with Crippen LogP contribution in [0, 0.1) is 16.0 Å². The summed E-state index contributed by atoms with van der Waals surface area (Å²) < 4.78 is 1.74. The molecule has 1 aromatic heterocycles. The van der Waals surface area contributed by atoms with Crippen molar-refractivity contribution in [1.29, 1.82) is 0 Å². The van der Waals surface area contributed by atoms with Crippen LogP contribution >= 0.6 is 15.9 Å². The molecule has 1 heterocycles. The molecule has 0 saturated heterocycles. The Morgan fingerprint density at radius 1 is 1.50 bits per heavy atom. The standard InChI is InChI=1S/C10H16BrN3O2/c1-6(2)8(7(3)11)9-10(14(15)16)12-5-13(9)4/h5-8H,1-4H3. The molecule has 1 aromatic rings. The lowest BCUT2D eigenvalue weighted by molar-refractivity contribution is -0.390. The van der Waals surface area contributed by atoms with Crippen molar-refractivity contribution in [3.05, 3.63) is 22.1 Å². The summed E-state index contributed by atoms with van der Waals surface area (Å²) >= 11 is 3.52. The first kappa shape index (κ1) is 13.2. The summed E-state index contributed by atoms with van der Waals surface area (Å²) in [6, 6.07) is 0. The summed E-state index contributed by atoms with van der Waals surface area (Å²) in [5.74, 6) is 0.351. The molecule has 0 saturated carbocycles. The van der Waals surface area contributed by atoms with Gasteiger partial charge in [-0.15, -0.1) is 0 Å². The Morgan fingerprint density at radius 2 is 2.06 bits per heavy atom. The van der Waals surface area contributed by atoms with Gasteiger partial charge in [0.2, 0.25) is 6.33 Å². The maximum atomic E-state index is 10.9. The normalized spacial score (nSPS) is 15.1. The monoisotopic (exact) mass is 289 g/mol. The van der Waals surface area contributed by atoms with Crippen molar-refractivity contribution in [2.24, 2.45) is 13.0 Å². The molecule has 0 radical (unpaired) electrons. The number of halogens is 1. The van der Waals surface area contributed by atoms with Gasteiger partial charge in [-0.05, 0) is 15.8 Å². The fraction of sp³-hybridized carbons (Fsp3) is 0.700. The highest BCUT2D eigenvalue weighted by molar-refractivity contribution is 9.09. The number of hydrogen-bond acceptors (Lipinski definition) is 3. The van der Waals surface area contributed by atoms with Crippen LogP contribution in [-0.4, -0.2) is 19.3 Å². The summed E-state index contributed by atoms with van der Waals surface area (Å²) in [4.78, 5) is 14.5. The van der Waals surface area contributed by atoms with E-state index in [9.17, 15) is 10.1 Å². The number of nitrogens with zero attached hydrogens (tertiary/aromatic N) is 3. The topological polar surface area (TPSA) is 61.0 Å². The van der Waals surface area contributed by atoms with Crippen LogP contribution in [-0.2, 0) is 7.05 Å². The number of imidazole rings is 1. The average Bonchev–Trinajstić information content (AvgIpc) is 2.47. The van der Waals surface area contributed by atoms with Crippen molar-refractivity contribution < 1.29 is 4.92 Å². The lowest BCUT2D eigenvalue weighted by Gasteiger charge is -2.23. The molecule has 1 rings (SSSR count). The SMILES string of the molecule is CC(C)C(c1c([N+](=O)[O-])ncn1C)C(C)Br. The zero-order chi connectivity index (χ0) is 12.5. The Kier molecular flexibility index (Phi) is 4.07. The summed E-state index contributed by atoms with van der Waals surface area (Å²) in [5, 5.41) is 10.9. The molecular formula is C10H16BrN3O2. The average molecular weight is 290 g/mol. The molecule has 0 aliphatic carbocycles. The van der Waals surface area contributed by atoms with Gasteiger partial charge in [-0.1, -0.05) is 36.7 Å². The van der Waals surface area contributed by atoms with E-state index in [-0.39, 0.29) is 16.6 Å². The van der Waals surface area contributed by atoms with Gasteiger partial charge in [0.15, 0.2) is 0 Å². The van der Waals surface area contributed by atoms with Crippen LogP contribution in [0.15, 0.2) is 6.33 Å². The van der Waals surface area contributed by atoms with E-state index in [4.69, 9.17) is 0 Å². The third kappa shape index (κ3) is 2.42. The number of rotatable bonds is 4. The molecule has 0 aliphatic rings. The molecule has 0 fully saturated rings. The zero-order valence-corrected chi connectivity index (χ0v) is 11.4. The predicted molar refractivity (Wildman–Crippen MR) is 65.8 cm³/mol. The number of hydrogen-bond donors (Lipinski definition) is 0. The van der Waals surface area contributed by atoms with Crippen LogP contribution in [0.25, 0.3) is 0 Å². The van der Waals surface area contributed by atoms with E-state index in [0.29, 0.717) is 11.6 Å². The fourth-order valence-corrected chi connectivity index (χ4v) is 2.88. The van der Waals surface area contributed by atoms with Crippen molar-refractivity contribution in [3.63, 3.8) is 0 Å². The summed E-state index contributed by atoms with van der Waals surface area (Å²) in [6.07, 6.45) is 1.50. The van der Waals surface area contributed by atoms with E-state index in [1.807, 2.05) is 6.92 Å². The van der Waals surface area contributed by atoms with Gasteiger partial charge in [-0.25, -0.2) is 0 Å². The van der Waals surface area contributed by atoms with Gasteiger partial charge in [-0.3, -0.25) is 0 Å². The van der Waals surface area contributed by atoms with E-state index >= 15 is 0 Å². The van der Waals surface area contributed by atoms with Crippen molar-refractivity contribution in [2.75, 3.05) is 0 Å². The van der Waals surface area contributed by atoms with Crippen LogP contribution in [0.3, 0.4) is 0 Å². The first-order chi connectivity index (χ1) is 7.36. The highest BCUT2D eigenvalue weighted by Gasteiger charge is 2.32. The molecule has 0 bridgehead atoms. The second kappa shape index (κ2) is 4.95. The van der Waals surface area contributed by atoms with Gasteiger partial charge in [-0.2, -0.15) is 0 Å². The third-order valence-corrected chi connectivity index (χ3v) is 3.23. The molecule has 2 unspecified atom stereocenters. The maximum Gasteiger partial charge on any atom is 0.385 e. The lowest BCUT2D eigenvalue weighted by Crippen LogP contribution is -2.19. The van der Waals surface area contributed by atoms with Crippen LogP contribution in [0.5, 0.6) is 0 Å². The summed E-state index contributed by atoms with van der Waals surface area (Å²) in [5.41, 5.74) is 0.685. The Labute approximate surface area is 103 Å². The number of aromatic nitrogens is 2. The van der Waals surface area contributed by atoms with Gasteiger partial charge in [0.1, 0.15) is 5.69 Å². The quantitative estimate of drug-likeness (QED) is 0.486. The largest absolute Gasteiger partial charge is 0.385 e. The van der Waals surface area contributed by atoms with Crippen molar-refractivity contribution in [2.45, 2.75) is 31.5 Å². The van der Waals surface area contributed by atoms with Gasteiger partial charge in [0.05, 0.1) is 0 Å². The summed E-state index contributed by atoms with van der Waals surface area (Å²) in [6.45, 7) is 6.11. The van der Waals surface area contributed by atoms with Crippen LogP contribution in [0.2, 0.25) is 0 Å². The zero-order valence-electron chi connectivity index (χ0n) is 9.85. The fourth-order valence-electron chi connectivity index (χ4n) is 2.02. The highest BCUT2D eigenvalue weighted by atomic mass is 79.9. The molecule has 0 N–H and O–H groups in total. The van der Waals surface area contributed by atoms with Crippen molar-refractivity contribution in [1.82, 2.24) is 9.55 Å². The molecule has 0 aromatic carbocycles. The number of aryl methyl sites for hydroxylation is 1. The third-order valence-electron chi connectivity index (χ3n) is 2.66.